The summed E-state index contributed by atoms with van der Waals surface area (Å²) < 4.78 is 27.9. The number of para-hydroxylation sites is 1. The van der Waals surface area contributed by atoms with Gasteiger partial charge in [-0.2, -0.15) is 0 Å². The van der Waals surface area contributed by atoms with E-state index in [9.17, 15) is 13.5 Å². The standard InChI is InChI=1S/C14H14BrNO3S/c1-10(11-5-4-6-12(15)9-11)16-20(18,19)14-8-3-2-7-13(14)17/h2-10,16-17H,1H3. The van der Waals surface area contributed by atoms with Crippen LogP contribution in [0, 0.1) is 0 Å². The van der Waals surface area contributed by atoms with Crippen molar-refractivity contribution >= 4 is 26.0 Å². The third-order valence-corrected chi connectivity index (χ3v) is 4.92. The van der Waals surface area contributed by atoms with E-state index in [0.29, 0.717) is 0 Å². The van der Waals surface area contributed by atoms with Crippen LogP contribution in [0.15, 0.2) is 57.9 Å². The molecule has 0 fully saturated rings. The fourth-order valence-corrected chi connectivity index (χ4v) is 3.57. The lowest BCUT2D eigenvalue weighted by Gasteiger charge is -2.15. The molecule has 2 aromatic carbocycles. The van der Waals surface area contributed by atoms with Crippen LogP contribution in [0.4, 0.5) is 0 Å². The van der Waals surface area contributed by atoms with Crippen molar-refractivity contribution in [3.05, 3.63) is 58.6 Å². The van der Waals surface area contributed by atoms with Crippen LogP contribution in [-0.4, -0.2) is 13.5 Å². The lowest BCUT2D eigenvalue weighted by atomic mass is 10.1. The summed E-state index contributed by atoms with van der Waals surface area (Å²) in [6, 6.07) is 12.8. The molecule has 20 heavy (non-hydrogen) atoms. The number of rotatable bonds is 4. The highest BCUT2D eigenvalue weighted by Crippen LogP contribution is 2.24. The largest absolute Gasteiger partial charge is 0.507 e. The second-order valence-corrected chi connectivity index (χ2v) is 6.96. The zero-order valence-electron chi connectivity index (χ0n) is 10.7. The van der Waals surface area contributed by atoms with Gasteiger partial charge in [0.05, 0.1) is 0 Å². The Kier molecular flexibility index (Phi) is 4.47. The number of sulfonamides is 1. The molecule has 4 nitrogen and oxygen atoms in total. The number of phenolic OH excluding ortho intramolecular Hbond substituents is 1. The SMILES string of the molecule is CC(NS(=O)(=O)c1ccccc1O)c1cccc(Br)c1. The maximum absolute atomic E-state index is 12.2. The van der Waals surface area contributed by atoms with Gasteiger partial charge in [0, 0.05) is 10.5 Å². The van der Waals surface area contributed by atoms with Gasteiger partial charge in [0.1, 0.15) is 10.6 Å². The lowest BCUT2D eigenvalue weighted by Crippen LogP contribution is -2.26. The molecule has 0 aliphatic heterocycles. The Bertz CT molecular complexity index is 716. The number of hydrogen-bond donors (Lipinski definition) is 2. The van der Waals surface area contributed by atoms with Crippen LogP contribution in [0.5, 0.6) is 5.75 Å². The summed E-state index contributed by atoms with van der Waals surface area (Å²) in [7, 11) is -3.77. The third kappa shape index (κ3) is 3.39. The quantitative estimate of drug-likeness (QED) is 0.884. The van der Waals surface area contributed by atoms with Crippen molar-refractivity contribution in [1.29, 1.82) is 0 Å². The fraction of sp³-hybridized carbons (Fsp3) is 0.143. The molecule has 0 bridgehead atoms. The van der Waals surface area contributed by atoms with E-state index in [4.69, 9.17) is 0 Å². The van der Waals surface area contributed by atoms with Crippen molar-refractivity contribution in [2.75, 3.05) is 0 Å². The fourth-order valence-electron chi connectivity index (χ4n) is 1.82. The smallest absolute Gasteiger partial charge is 0.244 e. The van der Waals surface area contributed by atoms with E-state index < -0.39 is 16.1 Å². The first-order valence-corrected chi connectivity index (χ1v) is 8.23. The van der Waals surface area contributed by atoms with Gasteiger partial charge in [-0.1, -0.05) is 40.2 Å². The summed E-state index contributed by atoms with van der Waals surface area (Å²) in [4.78, 5) is -0.123. The first-order valence-electron chi connectivity index (χ1n) is 5.96. The molecule has 0 heterocycles. The summed E-state index contributed by atoms with van der Waals surface area (Å²) in [5.74, 6) is -0.263. The van der Waals surface area contributed by atoms with Crippen LogP contribution in [0.1, 0.15) is 18.5 Å². The minimum atomic E-state index is -3.77. The molecule has 0 amide bonds. The van der Waals surface area contributed by atoms with Gasteiger partial charge in [0.15, 0.2) is 0 Å². The maximum Gasteiger partial charge on any atom is 0.244 e. The van der Waals surface area contributed by atoms with Gasteiger partial charge >= 0.3 is 0 Å². The normalized spacial score (nSPS) is 13.1. The summed E-state index contributed by atoms with van der Waals surface area (Å²) >= 11 is 3.35. The number of nitrogens with one attached hydrogen (secondary N) is 1. The van der Waals surface area contributed by atoms with Crippen LogP contribution in [0.2, 0.25) is 0 Å². The number of aromatic hydroxyl groups is 1. The van der Waals surface area contributed by atoms with Crippen molar-refractivity contribution in [2.24, 2.45) is 0 Å². The van der Waals surface area contributed by atoms with E-state index in [-0.39, 0.29) is 10.6 Å². The molecule has 0 aromatic heterocycles. The zero-order chi connectivity index (χ0) is 14.8. The molecule has 0 aliphatic rings. The molecule has 1 atom stereocenters. The second-order valence-electron chi connectivity index (χ2n) is 4.37. The van der Waals surface area contributed by atoms with Crippen molar-refractivity contribution in [1.82, 2.24) is 4.72 Å². The first-order chi connectivity index (χ1) is 9.40. The molecular weight excluding hydrogens is 342 g/mol. The minimum absolute atomic E-state index is 0.123. The third-order valence-electron chi connectivity index (χ3n) is 2.84. The highest BCUT2D eigenvalue weighted by Gasteiger charge is 2.21. The van der Waals surface area contributed by atoms with Crippen molar-refractivity contribution < 1.29 is 13.5 Å². The van der Waals surface area contributed by atoms with E-state index in [1.165, 1.54) is 12.1 Å². The first kappa shape index (κ1) is 15.0. The van der Waals surface area contributed by atoms with E-state index in [0.717, 1.165) is 10.0 Å². The molecule has 0 saturated heterocycles. The predicted octanol–water partition coefficient (Wildman–Crippen LogP) is 3.19. The average molecular weight is 356 g/mol. The topological polar surface area (TPSA) is 66.4 Å². The van der Waals surface area contributed by atoms with Gasteiger partial charge in [-0.25, -0.2) is 13.1 Å². The second kappa shape index (κ2) is 5.95. The van der Waals surface area contributed by atoms with Gasteiger partial charge in [-0.15, -0.1) is 0 Å². The molecule has 6 heteroatoms. The van der Waals surface area contributed by atoms with E-state index in [2.05, 4.69) is 20.7 Å². The van der Waals surface area contributed by atoms with Gasteiger partial charge in [0.25, 0.3) is 0 Å². The van der Waals surface area contributed by atoms with Gasteiger partial charge in [0.2, 0.25) is 10.0 Å². The summed E-state index contributed by atoms with van der Waals surface area (Å²) in [6.45, 7) is 1.75. The molecular formula is C14H14BrNO3S. The van der Waals surface area contributed by atoms with Gasteiger partial charge in [-0.3, -0.25) is 0 Å². The summed E-state index contributed by atoms with van der Waals surface area (Å²) in [6.07, 6.45) is 0. The van der Waals surface area contributed by atoms with Crippen LogP contribution in [-0.2, 0) is 10.0 Å². The number of benzene rings is 2. The maximum atomic E-state index is 12.2. The summed E-state index contributed by atoms with van der Waals surface area (Å²) in [5.41, 5.74) is 0.832. The van der Waals surface area contributed by atoms with Crippen LogP contribution >= 0.6 is 15.9 Å². The minimum Gasteiger partial charge on any atom is -0.507 e. The molecule has 0 saturated carbocycles. The van der Waals surface area contributed by atoms with Crippen molar-refractivity contribution in [3.63, 3.8) is 0 Å². The summed E-state index contributed by atoms with van der Waals surface area (Å²) in [5, 5.41) is 9.65. The predicted molar refractivity (Wildman–Crippen MR) is 81.0 cm³/mol. The number of halogens is 1. The van der Waals surface area contributed by atoms with Crippen molar-refractivity contribution in [3.8, 4) is 5.75 Å². The van der Waals surface area contributed by atoms with Crippen molar-refractivity contribution in [2.45, 2.75) is 17.9 Å². The molecule has 2 N–H and O–H groups in total. The molecule has 0 aliphatic carbocycles. The highest BCUT2D eigenvalue weighted by molar-refractivity contribution is 9.10. The monoisotopic (exact) mass is 355 g/mol. The average Bonchev–Trinajstić information content (AvgIpc) is 2.38. The molecule has 0 radical (unpaired) electrons. The lowest BCUT2D eigenvalue weighted by molar-refractivity contribution is 0.457. The Balaban J connectivity index is 2.27. The number of phenols is 1. The van der Waals surface area contributed by atoms with Crippen LogP contribution in [0.3, 0.4) is 0 Å². The Morgan fingerprint density at radius 1 is 1.15 bits per heavy atom. The van der Waals surface area contributed by atoms with Crippen LogP contribution in [0.25, 0.3) is 0 Å². The van der Waals surface area contributed by atoms with E-state index >= 15 is 0 Å². The van der Waals surface area contributed by atoms with Gasteiger partial charge < -0.3 is 5.11 Å². The highest BCUT2D eigenvalue weighted by atomic mass is 79.9. The van der Waals surface area contributed by atoms with E-state index in [1.807, 2.05) is 24.3 Å². The van der Waals surface area contributed by atoms with Crippen LogP contribution < -0.4 is 4.72 Å². The van der Waals surface area contributed by atoms with E-state index in [1.54, 1.807) is 19.1 Å². The molecule has 1 unspecified atom stereocenters. The zero-order valence-corrected chi connectivity index (χ0v) is 13.1. The molecule has 2 rings (SSSR count). The van der Waals surface area contributed by atoms with Gasteiger partial charge in [-0.05, 0) is 36.8 Å². The molecule has 0 spiro atoms. The molecule has 2 aromatic rings. The Morgan fingerprint density at radius 3 is 2.50 bits per heavy atom. The Labute approximate surface area is 126 Å². The molecule has 106 valence electrons. The Hall–Kier alpha value is -1.37. The Morgan fingerprint density at radius 2 is 1.85 bits per heavy atom. The number of hydrogen-bond acceptors (Lipinski definition) is 3.